The predicted molar refractivity (Wildman–Crippen MR) is 120 cm³/mol. The third kappa shape index (κ3) is 4.77. The number of nitrogens with zero attached hydrogens (tertiary/aromatic N) is 1. The number of halogens is 2. The van der Waals surface area contributed by atoms with Gasteiger partial charge in [-0.25, -0.2) is 17.6 Å². The summed E-state index contributed by atoms with van der Waals surface area (Å²) in [5.41, 5.74) is -0.161. The van der Waals surface area contributed by atoms with Gasteiger partial charge in [-0.15, -0.1) is 0 Å². The van der Waals surface area contributed by atoms with Gasteiger partial charge in [-0.1, -0.05) is 17.7 Å². The van der Waals surface area contributed by atoms with Crippen LogP contribution in [0.3, 0.4) is 0 Å². The third-order valence-corrected chi connectivity index (χ3v) is 7.60. The molecule has 7 nitrogen and oxygen atoms in total. The SMILES string of the molecule is COC(=O)c1ccc(C2CC2)c(S(=O)(=O)Nc2cc(C#N)c(Cl)cc2OC2CCCC2)c1F. The molecule has 0 bridgehead atoms. The Morgan fingerprint density at radius 2 is 1.91 bits per heavy atom. The van der Waals surface area contributed by atoms with Crippen LogP contribution in [0, 0.1) is 17.1 Å². The summed E-state index contributed by atoms with van der Waals surface area (Å²) in [6.45, 7) is 0. The average Bonchev–Trinajstić information content (AvgIpc) is 3.50. The Morgan fingerprint density at radius 1 is 1.21 bits per heavy atom. The van der Waals surface area contributed by atoms with E-state index >= 15 is 4.39 Å². The number of nitriles is 1. The van der Waals surface area contributed by atoms with Gasteiger partial charge in [0.25, 0.3) is 10.0 Å². The molecule has 0 heterocycles. The number of hydrogen-bond acceptors (Lipinski definition) is 6. The van der Waals surface area contributed by atoms with Crippen LogP contribution in [0.25, 0.3) is 0 Å². The third-order valence-electron chi connectivity index (χ3n) is 5.85. The van der Waals surface area contributed by atoms with Crippen LogP contribution in [0.4, 0.5) is 10.1 Å². The average molecular weight is 493 g/mol. The quantitative estimate of drug-likeness (QED) is 0.536. The van der Waals surface area contributed by atoms with Crippen molar-refractivity contribution in [1.82, 2.24) is 0 Å². The van der Waals surface area contributed by atoms with Crippen LogP contribution in [0.2, 0.25) is 5.02 Å². The van der Waals surface area contributed by atoms with E-state index in [0.717, 1.165) is 45.6 Å². The van der Waals surface area contributed by atoms with Gasteiger partial charge in [0.1, 0.15) is 16.7 Å². The highest BCUT2D eigenvalue weighted by molar-refractivity contribution is 7.92. The number of nitrogens with one attached hydrogen (secondary N) is 1. The summed E-state index contributed by atoms with van der Waals surface area (Å²) in [4.78, 5) is 11.4. The lowest BCUT2D eigenvalue weighted by molar-refractivity contribution is 0.0594. The van der Waals surface area contributed by atoms with Crippen molar-refractivity contribution < 1.29 is 27.1 Å². The Morgan fingerprint density at radius 3 is 2.52 bits per heavy atom. The van der Waals surface area contributed by atoms with Crippen molar-refractivity contribution in [1.29, 1.82) is 5.26 Å². The van der Waals surface area contributed by atoms with E-state index < -0.39 is 32.3 Å². The highest BCUT2D eigenvalue weighted by Gasteiger charge is 2.36. The molecule has 33 heavy (non-hydrogen) atoms. The van der Waals surface area contributed by atoms with E-state index in [1.165, 1.54) is 24.3 Å². The first-order chi connectivity index (χ1) is 15.7. The number of ether oxygens (including phenoxy) is 2. The zero-order valence-corrected chi connectivity index (χ0v) is 19.4. The number of carbonyl (C=O) groups is 1. The molecule has 0 radical (unpaired) electrons. The van der Waals surface area contributed by atoms with E-state index in [1.807, 2.05) is 6.07 Å². The van der Waals surface area contributed by atoms with Gasteiger partial charge in [0.15, 0.2) is 5.82 Å². The molecule has 2 aromatic carbocycles. The monoisotopic (exact) mass is 492 g/mol. The van der Waals surface area contributed by atoms with E-state index in [1.54, 1.807) is 0 Å². The molecule has 174 valence electrons. The van der Waals surface area contributed by atoms with Crippen molar-refractivity contribution >= 4 is 33.3 Å². The van der Waals surface area contributed by atoms with Crippen molar-refractivity contribution in [2.75, 3.05) is 11.8 Å². The Labute approximate surface area is 196 Å². The van der Waals surface area contributed by atoms with Crippen LogP contribution in [0.5, 0.6) is 5.75 Å². The molecule has 2 aliphatic rings. The smallest absolute Gasteiger partial charge is 0.340 e. The molecule has 10 heteroatoms. The van der Waals surface area contributed by atoms with Crippen molar-refractivity contribution in [3.63, 3.8) is 0 Å². The number of hydrogen-bond donors (Lipinski definition) is 1. The molecule has 4 rings (SSSR count). The number of methoxy groups -OCH3 is 1. The molecule has 2 fully saturated rings. The lowest BCUT2D eigenvalue weighted by Gasteiger charge is -2.20. The lowest BCUT2D eigenvalue weighted by atomic mass is 10.1. The molecule has 1 N–H and O–H groups in total. The molecule has 2 saturated carbocycles. The van der Waals surface area contributed by atoms with Gasteiger partial charge >= 0.3 is 5.97 Å². The normalized spacial score (nSPS) is 16.3. The predicted octanol–water partition coefficient (Wildman–Crippen LogP) is 5.14. The summed E-state index contributed by atoms with van der Waals surface area (Å²) < 4.78 is 55.2. The van der Waals surface area contributed by atoms with Crippen molar-refractivity contribution in [2.24, 2.45) is 0 Å². The fourth-order valence-corrected chi connectivity index (χ4v) is 5.66. The van der Waals surface area contributed by atoms with Gasteiger partial charge in [0.2, 0.25) is 0 Å². The van der Waals surface area contributed by atoms with Gasteiger partial charge < -0.3 is 9.47 Å². The van der Waals surface area contributed by atoms with E-state index in [9.17, 15) is 18.5 Å². The minimum Gasteiger partial charge on any atom is -0.488 e. The first kappa shape index (κ1) is 23.3. The van der Waals surface area contributed by atoms with E-state index in [4.69, 9.17) is 16.3 Å². The zero-order valence-electron chi connectivity index (χ0n) is 17.9. The van der Waals surface area contributed by atoms with Gasteiger partial charge in [-0.2, -0.15) is 5.26 Å². The number of esters is 1. The summed E-state index contributed by atoms with van der Waals surface area (Å²) in [5, 5.41) is 9.48. The Hall–Kier alpha value is -2.83. The maximum absolute atomic E-state index is 15.4. The standard InChI is InChI=1S/C23H22ClFN2O5S/c1-31-23(28)17-9-8-16(13-6-7-13)22(21(17)25)33(29,30)27-19-10-14(12-26)18(24)11-20(19)32-15-4-2-3-5-15/h8-11,13,15,27H,2-7H2,1H3. The molecule has 2 aliphatic carbocycles. The number of sulfonamides is 1. The minimum atomic E-state index is -4.50. The van der Waals surface area contributed by atoms with E-state index in [2.05, 4.69) is 9.46 Å². The Balaban J connectivity index is 1.79. The largest absolute Gasteiger partial charge is 0.488 e. The first-order valence-corrected chi connectivity index (χ1v) is 12.4. The summed E-state index contributed by atoms with van der Waals surface area (Å²) in [6.07, 6.45) is 4.93. The topological polar surface area (TPSA) is 105 Å². The van der Waals surface area contributed by atoms with Gasteiger partial charge in [-0.05, 0) is 62.1 Å². The fourth-order valence-electron chi connectivity index (χ4n) is 4.03. The van der Waals surface area contributed by atoms with Crippen LogP contribution in [-0.4, -0.2) is 27.6 Å². The molecular formula is C23H22ClFN2O5S. The summed E-state index contributed by atoms with van der Waals surface area (Å²) in [5.74, 6) is -2.11. The molecule has 0 amide bonds. The second kappa shape index (κ2) is 9.20. The second-order valence-corrected chi connectivity index (χ2v) is 10.2. The van der Waals surface area contributed by atoms with Crippen molar-refractivity contribution in [3.8, 4) is 11.8 Å². The molecule has 2 aromatic rings. The van der Waals surface area contributed by atoms with Crippen molar-refractivity contribution in [2.45, 2.75) is 55.4 Å². The van der Waals surface area contributed by atoms with Gasteiger partial charge in [0.05, 0.1) is 35.1 Å². The molecule has 0 aliphatic heterocycles. The highest BCUT2D eigenvalue weighted by atomic mass is 35.5. The summed E-state index contributed by atoms with van der Waals surface area (Å²) in [7, 11) is -3.41. The summed E-state index contributed by atoms with van der Waals surface area (Å²) >= 11 is 6.16. The van der Waals surface area contributed by atoms with Gasteiger partial charge in [-0.3, -0.25) is 4.72 Å². The molecule has 0 atom stereocenters. The first-order valence-electron chi connectivity index (χ1n) is 10.6. The van der Waals surface area contributed by atoms with E-state index in [-0.39, 0.29) is 34.0 Å². The summed E-state index contributed by atoms with van der Waals surface area (Å²) in [6, 6.07) is 7.24. The minimum absolute atomic E-state index is 0.0209. The molecule has 0 aromatic heterocycles. The number of benzene rings is 2. The second-order valence-electron chi connectivity index (χ2n) is 8.18. The lowest BCUT2D eigenvalue weighted by Crippen LogP contribution is -2.20. The van der Waals surface area contributed by atoms with Crippen LogP contribution in [0.1, 0.15) is 65.9 Å². The van der Waals surface area contributed by atoms with Crippen molar-refractivity contribution in [3.05, 3.63) is 51.8 Å². The molecule has 0 saturated heterocycles. The van der Waals surface area contributed by atoms with Crippen LogP contribution in [-0.2, 0) is 14.8 Å². The van der Waals surface area contributed by atoms with Crippen LogP contribution >= 0.6 is 11.6 Å². The Bertz CT molecular complexity index is 1250. The molecular weight excluding hydrogens is 471 g/mol. The number of carbonyl (C=O) groups excluding carboxylic acids is 1. The molecule has 0 spiro atoms. The maximum atomic E-state index is 15.4. The van der Waals surface area contributed by atoms with E-state index in [0.29, 0.717) is 5.56 Å². The number of rotatable bonds is 7. The van der Waals surface area contributed by atoms with Crippen LogP contribution < -0.4 is 9.46 Å². The Kier molecular flexibility index (Phi) is 6.50. The van der Waals surface area contributed by atoms with Gasteiger partial charge in [0, 0.05) is 6.07 Å². The maximum Gasteiger partial charge on any atom is 0.340 e. The highest BCUT2D eigenvalue weighted by Crippen LogP contribution is 2.45. The molecule has 0 unspecified atom stereocenters. The van der Waals surface area contributed by atoms with Crippen LogP contribution in [0.15, 0.2) is 29.2 Å². The zero-order chi connectivity index (χ0) is 23.8. The fraction of sp³-hybridized carbons (Fsp3) is 0.391. The number of anilines is 1.